The minimum absolute atomic E-state index is 0.0213. The molecule has 0 saturated heterocycles. The standard InChI is InChI=1S/C27H22BrClN6O4S2/c1-38-16-8-10-21(39-2)20(12-16)35-23(13-30-25(37)17-11-15(28)7-9-18(17)29)33-34-27(35)40-14-24(36)32-26-31-19-5-3-4-6-22(19)41-26/h3-12H,13-14H2,1-2H3,(H,30,37)(H,31,32,36). The van der Waals surface area contributed by atoms with Crippen LogP contribution in [0.25, 0.3) is 15.9 Å². The number of thioether (sulfide) groups is 1. The van der Waals surface area contributed by atoms with Crippen molar-refractivity contribution < 1.29 is 19.1 Å². The second kappa shape index (κ2) is 12.9. The summed E-state index contributed by atoms with van der Waals surface area (Å²) in [5.74, 6) is 0.919. The maximum atomic E-state index is 12.9. The van der Waals surface area contributed by atoms with Gasteiger partial charge in [0.05, 0.1) is 53.0 Å². The molecule has 0 fully saturated rings. The van der Waals surface area contributed by atoms with Gasteiger partial charge in [-0.2, -0.15) is 0 Å². The van der Waals surface area contributed by atoms with Crippen molar-refractivity contribution in [2.24, 2.45) is 0 Å². The summed E-state index contributed by atoms with van der Waals surface area (Å²) >= 11 is 12.2. The van der Waals surface area contributed by atoms with Crippen LogP contribution in [0, 0.1) is 0 Å². The van der Waals surface area contributed by atoms with E-state index in [-0.39, 0.29) is 24.1 Å². The molecule has 41 heavy (non-hydrogen) atoms. The Morgan fingerprint density at radius 2 is 1.90 bits per heavy atom. The smallest absolute Gasteiger partial charge is 0.253 e. The maximum absolute atomic E-state index is 12.9. The van der Waals surface area contributed by atoms with Gasteiger partial charge in [0.25, 0.3) is 5.91 Å². The van der Waals surface area contributed by atoms with Gasteiger partial charge in [-0.3, -0.25) is 14.2 Å². The van der Waals surface area contributed by atoms with Crippen molar-refractivity contribution in [3.05, 3.63) is 81.5 Å². The SMILES string of the molecule is COc1ccc(OC)c(-n2c(CNC(=O)c3cc(Br)ccc3Cl)nnc2SCC(=O)Nc2nc3ccccc3s2)c1. The molecule has 14 heteroatoms. The minimum atomic E-state index is -0.382. The minimum Gasteiger partial charge on any atom is -0.497 e. The fourth-order valence-corrected chi connectivity index (χ4v) is 6.07. The second-order valence-corrected chi connectivity index (χ2v) is 11.7. The normalized spacial score (nSPS) is 10.9. The summed E-state index contributed by atoms with van der Waals surface area (Å²) in [6.45, 7) is 0.0213. The molecular formula is C27H22BrClN6O4S2. The first-order chi connectivity index (χ1) is 19.9. The molecule has 2 amide bonds. The number of aromatic nitrogens is 4. The number of hydrogen-bond donors (Lipinski definition) is 2. The van der Waals surface area contributed by atoms with Crippen LogP contribution in [-0.2, 0) is 11.3 Å². The third-order valence-electron chi connectivity index (χ3n) is 5.78. The van der Waals surface area contributed by atoms with Gasteiger partial charge in [-0.1, -0.05) is 62.8 Å². The van der Waals surface area contributed by atoms with Gasteiger partial charge in [0.15, 0.2) is 16.1 Å². The Hall–Kier alpha value is -3.65. The number of thiazole rings is 1. The monoisotopic (exact) mass is 672 g/mol. The number of carbonyl (C=O) groups excluding carboxylic acids is 2. The van der Waals surface area contributed by atoms with Gasteiger partial charge in [0.2, 0.25) is 5.91 Å². The van der Waals surface area contributed by atoms with E-state index in [1.165, 1.54) is 23.1 Å². The predicted octanol–water partition coefficient (Wildman–Crippen LogP) is 5.97. The number of anilines is 1. The van der Waals surface area contributed by atoms with Crippen LogP contribution in [0.3, 0.4) is 0 Å². The van der Waals surface area contributed by atoms with Crippen LogP contribution in [-0.4, -0.2) is 51.5 Å². The Balaban J connectivity index is 1.39. The fourth-order valence-electron chi connectivity index (χ4n) is 3.86. The highest BCUT2D eigenvalue weighted by molar-refractivity contribution is 9.10. The molecule has 0 aliphatic rings. The zero-order valence-corrected chi connectivity index (χ0v) is 25.7. The summed E-state index contributed by atoms with van der Waals surface area (Å²) in [6.07, 6.45) is 0. The van der Waals surface area contributed by atoms with E-state index in [1.807, 2.05) is 24.3 Å². The van der Waals surface area contributed by atoms with Gasteiger partial charge in [0.1, 0.15) is 11.5 Å². The number of para-hydroxylation sites is 1. The highest BCUT2D eigenvalue weighted by Crippen LogP contribution is 2.32. The van der Waals surface area contributed by atoms with E-state index >= 15 is 0 Å². The molecule has 2 N–H and O–H groups in total. The molecular weight excluding hydrogens is 652 g/mol. The van der Waals surface area contributed by atoms with Crippen molar-refractivity contribution in [2.75, 3.05) is 25.3 Å². The Morgan fingerprint density at radius 1 is 1.07 bits per heavy atom. The molecule has 5 aromatic rings. The lowest BCUT2D eigenvalue weighted by Crippen LogP contribution is -2.25. The van der Waals surface area contributed by atoms with Crippen LogP contribution in [0.5, 0.6) is 11.5 Å². The van der Waals surface area contributed by atoms with E-state index in [2.05, 4.69) is 41.7 Å². The Morgan fingerprint density at radius 3 is 2.68 bits per heavy atom. The molecule has 0 radical (unpaired) electrons. The van der Waals surface area contributed by atoms with E-state index in [9.17, 15) is 9.59 Å². The molecule has 2 aromatic heterocycles. The summed E-state index contributed by atoms with van der Waals surface area (Å²) in [5, 5.41) is 15.6. The van der Waals surface area contributed by atoms with Crippen LogP contribution >= 0.6 is 50.6 Å². The zero-order valence-electron chi connectivity index (χ0n) is 21.7. The van der Waals surface area contributed by atoms with Crippen molar-refractivity contribution in [3.63, 3.8) is 0 Å². The van der Waals surface area contributed by atoms with E-state index < -0.39 is 0 Å². The fraction of sp³-hybridized carbons (Fsp3) is 0.148. The van der Waals surface area contributed by atoms with Crippen molar-refractivity contribution >= 4 is 77.8 Å². The molecule has 0 saturated carbocycles. The molecule has 3 aromatic carbocycles. The Bertz CT molecular complexity index is 1710. The zero-order chi connectivity index (χ0) is 28.9. The molecule has 210 valence electrons. The number of ether oxygens (including phenoxy) is 2. The van der Waals surface area contributed by atoms with E-state index in [0.29, 0.717) is 43.9 Å². The first-order valence-electron chi connectivity index (χ1n) is 12.0. The number of nitrogens with zero attached hydrogens (tertiary/aromatic N) is 4. The summed E-state index contributed by atoms with van der Waals surface area (Å²) < 4.78 is 14.5. The highest BCUT2D eigenvalue weighted by Gasteiger charge is 2.21. The third kappa shape index (κ3) is 6.64. The Kier molecular flexibility index (Phi) is 9.08. The first kappa shape index (κ1) is 28.9. The van der Waals surface area contributed by atoms with Crippen molar-refractivity contribution in [3.8, 4) is 17.2 Å². The van der Waals surface area contributed by atoms with Gasteiger partial charge >= 0.3 is 0 Å². The lowest BCUT2D eigenvalue weighted by molar-refractivity contribution is -0.113. The molecule has 0 aliphatic heterocycles. The van der Waals surface area contributed by atoms with E-state index in [4.69, 9.17) is 21.1 Å². The van der Waals surface area contributed by atoms with Gasteiger partial charge in [-0.05, 0) is 42.5 Å². The number of methoxy groups -OCH3 is 2. The molecule has 0 unspecified atom stereocenters. The van der Waals surface area contributed by atoms with Gasteiger partial charge < -0.3 is 20.1 Å². The summed E-state index contributed by atoms with van der Waals surface area (Å²) in [7, 11) is 3.10. The Labute approximate surface area is 256 Å². The number of nitrogens with one attached hydrogen (secondary N) is 2. The number of hydrogen-bond acceptors (Lipinski definition) is 9. The third-order valence-corrected chi connectivity index (χ3v) is 8.48. The summed E-state index contributed by atoms with van der Waals surface area (Å²) in [6, 6.07) is 18.0. The number of benzene rings is 3. The van der Waals surface area contributed by atoms with Gasteiger partial charge in [-0.25, -0.2) is 4.98 Å². The largest absolute Gasteiger partial charge is 0.497 e. The van der Waals surface area contributed by atoms with Crippen LogP contribution in [0.4, 0.5) is 5.13 Å². The number of halogens is 2. The topological polar surface area (TPSA) is 120 Å². The highest BCUT2D eigenvalue weighted by atomic mass is 79.9. The lowest BCUT2D eigenvalue weighted by Gasteiger charge is -2.15. The predicted molar refractivity (Wildman–Crippen MR) is 164 cm³/mol. The molecule has 0 atom stereocenters. The van der Waals surface area contributed by atoms with Crippen molar-refractivity contribution in [1.82, 2.24) is 25.1 Å². The summed E-state index contributed by atoms with van der Waals surface area (Å²) in [4.78, 5) is 30.2. The molecule has 0 aliphatic carbocycles. The number of rotatable bonds is 10. The first-order valence-corrected chi connectivity index (χ1v) is 15.0. The molecule has 10 nitrogen and oxygen atoms in total. The van der Waals surface area contributed by atoms with E-state index in [1.54, 1.807) is 55.2 Å². The van der Waals surface area contributed by atoms with Crippen LogP contribution in [0.15, 0.2) is 70.3 Å². The molecule has 0 spiro atoms. The van der Waals surface area contributed by atoms with Gasteiger partial charge in [0, 0.05) is 10.5 Å². The second-order valence-electron chi connectivity index (χ2n) is 8.40. The van der Waals surface area contributed by atoms with Crippen molar-refractivity contribution in [1.29, 1.82) is 0 Å². The average Bonchev–Trinajstić information content (AvgIpc) is 3.58. The lowest BCUT2D eigenvalue weighted by atomic mass is 10.2. The number of carbonyl (C=O) groups is 2. The van der Waals surface area contributed by atoms with Crippen LogP contribution < -0.4 is 20.1 Å². The molecule has 2 heterocycles. The van der Waals surface area contributed by atoms with Crippen LogP contribution in [0.1, 0.15) is 16.2 Å². The number of fused-ring (bicyclic) bond motifs is 1. The maximum Gasteiger partial charge on any atom is 0.253 e. The quantitative estimate of drug-likeness (QED) is 0.174. The average molecular weight is 674 g/mol. The van der Waals surface area contributed by atoms with Gasteiger partial charge in [-0.15, -0.1) is 10.2 Å². The van der Waals surface area contributed by atoms with Crippen molar-refractivity contribution in [2.45, 2.75) is 11.7 Å². The van der Waals surface area contributed by atoms with Crippen LogP contribution in [0.2, 0.25) is 5.02 Å². The number of amides is 2. The van der Waals surface area contributed by atoms with E-state index in [0.717, 1.165) is 14.7 Å². The summed E-state index contributed by atoms with van der Waals surface area (Å²) in [5.41, 5.74) is 1.71. The molecule has 0 bridgehead atoms. The molecule has 5 rings (SSSR count).